The molecule has 1 aliphatic rings. The van der Waals surface area contributed by atoms with E-state index in [9.17, 15) is 13.2 Å². The van der Waals surface area contributed by atoms with Crippen molar-refractivity contribution < 1.29 is 13.2 Å². The average Bonchev–Trinajstić information content (AvgIpc) is 2.97. The molecule has 2 rings (SSSR count). The molecule has 0 atom stereocenters. The topological polar surface area (TPSA) is 90.3 Å². The first kappa shape index (κ1) is 17.9. The van der Waals surface area contributed by atoms with Gasteiger partial charge in [0.05, 0.1) is 11.3 Å². The van der Waals surface area contributed by atoms with Crippen LogP contribution in [0.3, 0.4) is 0 Å². The lowest BCUT2D eigenvalue weighted by molar-refractivity contribution is -0.120. The van der Waals surface area contributed by atoms with Crippen LogP contribution < -0.4 is 5.32 Å². The number of rotatable bonds is 5. The Morgan fingerprint density at radius 3 is 2.61 bits per heavy atom. The zero-order valence-corrected chi connectivity index (χ0v) is 15.0. The van der Waals surface area contributed by atoms with Gasteiger partial charge in [-0.25, -0.2) is 12.7 Å². The van der Waals surface area contributed by atoms with Gasteiger partial charge in [0, 0.05) is 23.9 Å². The first-order valence-electron chi connectivity index (χ1n) is 7.72. The van der Waals surface area contributed by atoms with Crippen LogP contribution in [0.2, 0.25) is 0 Å². The minimum Gasteiger partial charge on any atom is -0.316 e. The molecule has 1 N–H and O–H groups in total. The number of sulfonamides is 1. The normalized spacial score (nSPS) is 16.9. The fourth-order valence-electron chi connectivity index (χ4n) is 2.58. The molecule has 0 aliphatic carbocycles. The predicted octanol–water partition coefficient (Wildman–Crippen LogP) is 2.18. The van der Waals surface area contributed by atoms with Crippen molar-refractivity contribution in [1.82, 2.24) is 4.31 Å². The van der Waals surface area contributed by atoms with Crippen LogP contribution in [0.15, 0.2) is 6.07 Å². The third kappa shape index (κ3) is 4.10. The number of thiophene rings is 1. The van der Waals surface area contributed by atoms with Crippen LogP contribution >= 0.6 is 11.3 Å². The monoisotopic (exact) mass is 355 g/mol. The maximum Gasteiger partial charge on any atom is 0.228 e. The van der Waals surface area contributed by atoms with E-state index >= 15 is 0 Å². The zero-order valence-electron chi connectivity index (χ0n) is 13.3. The number of hydrogen-bond donors (Lipinski definition) is 1. The molecule has 0 radical (unpaired) electrons. The van der Waals surface area contributed by atoms with E-state index in [-0.39, 0.29) is 17.6 Å². The standard InChI is InChI=1S/C15H21N3O3S2/c1-3-13-9-12(10-16)15(22-13)17-14(19)11-5-7-18(8-6-11)23(20,21)4-2/h9,11H,3-8H2,1-2H3,(H,17,19). The molecule has 1 aromatic rings. The maximum absolute atomic E-state index is 12.4. The summed E-state index contributed by atoms with van der Waals surface area (Å²) in [6, 6.07) is 3.90. The molecule has 8 heteroatoms. The van der Waals surface area contributed by atoms with Crippen LogP contribution in [-0.4, -0.2) is 37.5 Å². The number of nitrogens with one attached hydrogen (secondary N) is 1. The molecule has 0 saturated carbocycles. The number of piperidine rings is 1. The first-order chi connectivity index (χ1) is 10.9. The second kappa shape index (κ2) is 7.43. The van der Waals surface area contributed by atoms with E-state index in [0.717, 1.165) is 11.3 Å². The summed E-state index contributed by atoms with van der Waals surface area (Å²) in [5, 5.41) is 12.6. The first-order valence-corrected chi connectivity index (χ1v) is 10.1. The van der Waals surface area contributed by atoms with Gasteiger partial charge >= 0.3 is 0 Å². The van der Waals surface area contributed by atoms with Gasteiger partial charge in [0.15, 0.2) is 0 Å². The smallest absolute Gasteiger partial charge is 0.228 e. The number of carbonyl (C=O) groups is 1. The minimum atomic E-state index is -3.18. The lowest BCUT2D eigenvalue weighted by Gasteiger charge is -2.30. The molecule has 1 amide bonds. The van der Waals surface area contributed by atoms with Crippen molar-refractivity contribution in [1.29, 1.82) is 5.26 Å². The summed E-state index contributed by atoms with van der Waals surface area (Å²) in [7, 11) is -3.18. The van der Waals surface area contributed by atoms with Gasteiger partial charge in [-0.15, -0.1) is 11.3 Å². The molecule has 23 heavy (non-hydrogen) atoms. The molecule has 0 spiro atoms. The Balaban J connectivity index is 1.98. The average molecular weight is 355 g/mol. The van der Waals surface area contributed by atoms with E-state index in [1.54, 1.807) is 13.0 Å². The van der Waals surface area contributed by atoms with Crippen LogP contribution in [0, 0.1) is 17.2 Å². The van der Waals surface area contributed by atoms with E-state index in [1.165, 1.54) is 15.6 Å². The molecular formula is C15H21N3O3S2. The summed E-state index contributed by atoms with van der Waals surface area (Å²) < 4.78 is 25.1. The Morgan fingerprint density at radius 1 is 1.43 bits per heavy atom. The number of nitrogens with zero attached hydrogens (tertiary/aromatic N) is 2. The fourth-order valence-corrected chi connectivity index (χ4v) is 4.67. The molecule has 0 unspecified atom stereocenters. The Labute approximate surface area is 141 Å². The van der Waals surface area contributed by atoms with Gasteiger partial charge in [-0.05, 0) is 32.3 Å². The Morgan fingerprint density at radius 2 is 2.09 bits per heavy atom. The lowest BCUT2D eigenvalue weighted by atomic mass is 9.97. The highest BCUT2D eigenvalue weighted by atomic mass is 32.2. The minimum absolute atomic E-state index is 0.0877. The van der Waals surface area contributed by atoms with E-state index in [2.05, 4.69) is 11.4 Å². The third-order valence-corrected chi connectivity index (χ3v) is 7.15. The molecule has 1 saturated heterocycles. The Bertz CT molecular complexity index is 711. The van der Waals surface area contributed by atoms with Crippen molar-refractivity contribution in [2.45, 2.75) is 33.1 Å². The lowest BCUT2D eigenvalue weighted by Crippen LogP contribution is -2.42. The summed E-state index contributed by atoms with van der Waals surface area (Å²) in [6.07, 6.45) is 1.85. The van der Waals surface area contributed by atoms with Gasteiger partial charge in [0.1, 0.15) is 11.1 Å². The second-order valence-corrected chi connectivity index (χ2v) is 8.88. The van der Waals surface area contributed by atoms with E-state index in [0.29, 0.717) is 36.5 Å². The highest BCUT2D eigenvalue weighted by molar-refractivity contribution is 7.89. The van der Waals surface area contributed by atoms with Crippen molar-refractivity contribution in [3.8, 4) is 6.07 Å². The summed E-state index contributed by atoms with van der Waals surface area (Å²) in [5.41, 5.74) is 0.492. The van der Waals surface area contributed by atoms with E-state index < -0.39 is 10.0 Å². The number of amides is 1. The molecule has 6 nitrogen and oxygen atoms in total. The second-order valence-electron chi connectivity index (χ2n) is 5.48. The van der Waals surface area contributed by atoms with Gasteiger partial charge in [0.2, 0.25) is 15.9 Å². The Hall–Kier alpha value is -1.43. The van der Waals surface area contributed by atoms with Gasteiger partial charge in [0.25, 0.3) is 0 Å². The molecule has 1 aliphatic heterocycles. The fraction of sp³-hybridized carbons (Fsp3) is 0.600. The van der Waals surface area contributed by atoms with Crippen LogP contribution in [0.5, 0.6) is 0 Å². The predicted molar refractivity (Wildman–Crippen MR) is 90.8 cm³/mol. The summed E-state index contributed by atoms with van der Waals surface area (Å²) in [4.78, 5) is 13.4. The van der Waals surface area contributed by atoms with Crippen molar-refractivity contribution in [3.63, 3.8) is 0 Å². The highest BCUT2D eigenvalue weighted by Crippen LogP contribution is 2.29. The summed E-state index contributed by atoms with van der Waals surface area (Å²) in [5.74, 6) is -0.249. The van der Waals surface area contributed by atoms with Gasteiger partial charge in [-0.2, -0.15) is 5.26 Å². The zero-order chi connectivity index (χ0) is 17.0. The van der Waals surface area contributed by atoms with Crippen LogP contribution in [0.4, 0.5) is 5.00 Å². The van der Waals surface area contributed by atoms with Crippen molar-refractivity contribution in [2.24, 2.45) is 5.92 Å². The SMILES string of the molecule is CCc1cc(C#N)c(NC(=O)C2CCN(S(=O)(=O)CC)CC2)s1. The van der Waals surface area contributed by atoms with Crippen molar-refractivity contribution in [2.75, 3.05) is 24.2 Å². The van der Waals surface area contributed by atoms with Gasteiger partial charge in [-0.3, -0.25) is 4.79 Å². The molecule has 0 aromatic carbocycles. The number of anilines is 1. The van der Waals surface area contributed by atoms with Crippen LogP contribution in [0.25, 0.3) is 0 Å². The molecule has 0 bridgehead atoms. The van der Waals surface area contributed by atoms with Crippen LogP contribution in [-0.2, 0) is 21.2 Å². The Kier molecular flexibility index (Phi) is 5.79. The van der Waals surface area contributed by atoms with Gasteiger partial charge < -0.3 is 5.32 Å². The summed E-state index contributed by atoms with van der Waals surface area (Å²) >= 11 is 1.42. The quantitative estimate of drug-likeness (QED) is 0.876. The highest BCUT2D eigenvalue weighted by Gasteiger charge is 2.30. The van der Waals surface area contributed by atoms with E-state index in [4.69, 9.17) is 5.26 Å². The molecule has 2 heterocycles. The summed E-state index contributed by atoms with van der Waals surface area (Å²) in [6.45, 7) is 4.39. The van der Waals surface area contributed by atoms with Crippen molar-refractivity contribution >= 4 is 32.3 Å². The maximum atomic E-state index is 12.4. The molecular weight excluding hydrogens is 334 g/mol. The molecule has 1 aromatic heterocycles. The third-order valence-electron chi connectivity index (χ3n) is 4.07. The van der Waals surface area contributed by atoms with Crippen molar-refractivity contribution in [3.05, 3.63) is 16.5 Å². The van der Waals surface area contributed by atoms with Crippen LogP contribution in [0.1, 0.15) is 37.1 Å². The number of hydrogen-bond acceptors (Lipinski definition) is 5. The largest absolute Gasteiger partial charge is 0.316 e. The number of aryl methyl sites for hydroxylation is 1. The molecule has 126 valence electrons. The van der Waals surface area contributed by atoms with E-state index in [1.807, 2.05) is 6.92 Å². The molecule has 1 fully saturated rings. The van der Waals surface area contributed by atoms with Gasteiger partial charge in [-0.1, -0.05) is 6.92 Å². The number of nitriles is 1. The number of carbonyl (C=O) groups excluding carboxylic acids is 1.